The lowest BCUT2D eigenvalue weighted by Crippen LogP contribution is -2.30. The smallest absolute Gasteiger partial charge is 0.306 e. The van der Waals surface area contributed by atoms with E-state index in [0.717, 1.165) is 89.9 Å². The molecule has 6 heteroatoms. The van der Waals surface area contributed by atoms with Crippen LogP contribution in [0.2, 0.25) is 0 Å². The largest absolute Gasteiger partial charge is 0.462 e. The molecule has 0 aromatic heterocycles. The lowest BCUT2D eigenvalue weighted by atomic mass is 10.0. The van der Waals surface area contributed by atoms with Gasteiger partial charge < -0.3 is 14.2 Å². The molecule has 0 fully saturated rings. The van der Waals surface area contributed by atoms with E-state index in [-0.39, 0.29) is 31.1 Å². The van der Waals surface area contributed by atoms with Gasteiger partial charge in [0.25, 0.3) is 0 Å². The van der Waals surface area contributed by atoms with Crippen LogP contribution in [-0.2, 0) is 28.6 Å². The molecule has 0 spiro atoms. The van der Waals surface area contributed by atoms with Gasteiger partial charge in [-0.2, -0.15) is 0 Å². The van der Waals surface area contributed by atoms with Gasteiger partial charge in [-0.1, -0.05) is 319 Å². The van der Waals surface area contributed by atoms with E-state index in [1.807, 2.05) is 0 Å². The molecular formula is C72H130O6. The highest BCUT2D eigenvalue weighted by molar-refractivity contribution is 5.71. The maximum Gasteiger partial charge on any atom is 0.306 e. The second kappa shape index (κ2) is 66.6. The standard InChI is InChI=1S/C72H130O6/c1-4-7-10-13-16-19-22-25-27-28-29-30-31-32-33-34-35-36-37-38-39-40-41-42-43-44-45-48-50-53-56-59-62-65-71(74)77-68-69(67-76-70(73)64-61-58-55-52-49-46-24-21-18-15-12-9-6-3)78-72(75)66-63-60-57-54-51-47-26-23-20-17-14-11-8-5-2/h7,10,16,19,21,24-25,27,29-30,69H,4-6,8-9,11-15,17-18,20,22-23,26,28,31-68H2,1-3H3/b10-7-,19-16-,24-21-,27-25-,30-29-. The molecule has 78 heavy (non-hydrogen) atoms. The number of ether oxygens (including phenoxy) is 3. The zero-order valence-electron chi connectivity index (χ0n) is 52.2. The Bertz CT molecular complexity index is 1390. The topological polar surface area (TPSA) is 78.9 Å². The highest BCUT2D eigenvalue weighted by atomic mass is 16.6. The summed E-state index contributed by atoms with van der Waals surface area (Å²) in [5.41, 5.74) is 0. The number of unbranched alkanes of at least 4 members (excludes halogenated alkanes) is 42. The summed E-state index contributed by atoms with van der Waals surface area (Å²) < 4.78 is 16.9. The minimum atomic E-state index is -0.773. The van der Waals surface area contributed by atoms with Crippen molar-refractivity contribution in [2.45, 2.75) is 367 Å². The summed E-state index contributed by atoms with van der Waals surface area (Å²) >= 11 is 0. The first-order valence-electron chi connectivity index (χ1n) is 34.3. The van der Waals surface area contributed by atoms with Gasteiger partial charge in [0, 0.05) is 19.3 Å². The molecule has 0 amide bonds. The van der Waals surface area contributed by atoms with Crippen LogP contribution in [0.1, 0.15) is 361 Å². The van der Waals surface area contributed by atoms with Crippen molar-refractivity contribution in [1.82, 2.24) is 0 Å². The van der Waals surface area contributed by atoms with Crippen LogP contribution in [0.3, 0.4) is 0 Å². The Labute approximate surface area is 485 Å². The first-order chi connectivity index (χ1) is 38.5. The molecule has 0 radical (unpaired) electrons. The van der Waals surface area contributed by atoms with Crippen molar-refractivity contribution in [3.05, 3.63) is 60.8 Å². The van der Waals surface area contributed by atoms with E-state index < -0.39 is 6.10 Å². The maximum absolute atomic E-state index is 12.9. The van der Waals surface area contributed by atoms with Gasteiger partial charge in [0.1, 0.15) is 13.2 Å². The van der Waals surface area contributed by atoms with Crippen LogP contribution >= 0.6 is 0 Å². The normalized spacial score (nSPS) is 12.4. The van der Waals surface area contributed by atoms with Crippen LogP contribution in [0.15, 0.2) is 60.8 Å². The number of hydrogen-bond donors (Lipinski definition) is 0. The van der Waals surface area contributed by atoms with E-state index in [9.17, 15) is 14.4 Å². The lowest BCUT2D eigenvalue weighted by molar-refractivity contribution is -0.167. The Balaban J connectivity index is 4.09. The van der Waals surface area contributed by atoms with Crippen molar-refractivity contribution >= 4 is 17.9 Å². The number of carbonyl (C=O) groups excluding carboxylic acids is 3. The van der Waals surface area contributed by atoms with Crippen molar-refractivity contribution in [2.24, 2.45) is 0 Å². The van der Waals surface area contributed by atoms with Crippen molar-refractivity contribution in [2.75, 3.05) is 13.2 Å². The van der Waals surface area contributed by atoms with Gasteiger partial charge in [0.05, 0.1) is 0 Å². The minimum Gasteiger partial charge on any atom is -0.462 e. The van der Waals surface area contributed by atoms with E-state index in [1.54, 1.807) is 0 Å². The van der Waals surface area contributed by atoms with E-state index >= 15 is 0 Å². The molecule has 1 unspecified atom stereocenters. The third-order valence-corrected chi connectivity index (χ3v) is 15.3. The Morgan fingerprint density at radius 1 is 0.269 bits per heavy atom. The molecule has 0 aliphatic rings. The first-order valence-corrected chi connectivity index (χ1v) is 34.3. The molecular weight excluding hydrogens is 961 g/mol. The second-order valence-electron chi connectivity index (χ2n) is 23.1. The molecule has 0 aliphatic heterocycles. The van der Waals surface area contributed by atoms with Crippen molar-refractivity contribution in [3.8, 4) is 0 Å². The molecule has 1 atom stereocenters. The zero-order chi connectivity index (χ0) is 56.4. The third-order valence-electron chi connectivity index (χ3n) is 15.3. The fourth-order valence-corrected chi connectivity index (χ4v) is 10.1. The Kier molecular flexibility index (Phi) is 64.2. The third kappa shape index (κ3) is 63.9. The first kappa shape index (κ1) is 75.1. The number of allylic oxidation sites excluding steroid dienone is 10. The van der Waals surface area contributed by atoms with Crippen molar-refractivity contribution in [1.29, 1.82) is 0 Å². The fraction of sp³-hybridized carbons (Fsp3) is 0.819. The maximum atomic E-state index is 12.9. The zero-order valence-corrected chi connectivity index (χ0v) is 52.2. The quantitative estimate of drug-likeness (QED) is 0.0261. The summed E-state index contributed by atoms with van der Waals surface area (Å²) in [6, 6.07) is 0. The van der Waals surface area contributed by atoms with Gasteiger partial charge in [0.2, 0.25) is 0 Å². The summed E-state index contributed by atoms with van der Waals surface area (Å²) in [4.78, 5) is 38.3. The molecule has 0 saturated heterocycles. The van der Waals surface area contributed by atoms with E-state index in [0.29, 0.717) is 19.3 Å². The average Bonchev–Trinajstić information content (AvgIpc) is 3.44. The molecule has 0 bridgehead atoms. The average molecular weight is 1090 g/mol. The fourth-order valence-electron chi connectivity index (χ4n) is 10.1. The van der Waals surface area contributed by atoms with Gasteiger partial charge in [-0.15, -0.1) is 0 Å². The van der Waals surface area contributed by atoms with Gasteiger partial charge in [0.15, 0.2) is 6.10 Å². The van der Waals surface area contributed by atoms with Gasteiger partial charge in [-0.25, -0.2) is 0 Å². The summed E-state index contributed by atoms with van der Waals surface area (Å²) in [6.07, 6.45) is 85.4. The summed E-state index contributed by atoms with van der Waals surface area (Å²) in [6.45, 7) is 6.56. The lowest BCUT2D eigenvalue weighted by Gasteiger charge is -2.18. The van der Waals surface area contributed by atoms with Crippen molar-refractivity contribution < 1.29 is 28.6 Å². The van der Waals surface area contributed by atoms with Crippen LogP contribution in [0.5, 0.6) is 0 Å². The van der Waals surface area contributed by atoms with E-state index in [4.69, 9.17) is 14.2 Å². The van der Waals surface area contributed by atoms with Gasteiger partial charge in [-0.05, 0) is 83.5 Å². The molecule has 0 N–H and O–H groups in total. The molecule has 0 heterocycles. The number of rotatable bonds is 63. The Morgan fingerprint density at radius 3 is 0.808 bits per heavy atom. The Hall–Kier alpha value is -2.89. The molecule has 0 aromatic rings. The predicted octanol–water partition coefficient (Wildman–Crippen LogP) is 23.5. The molecule has 454 valence electrons. The molecule has 0 saturated carbocycles. The number of carbonyl (C=O) groups is 3. The van der Waals surface area contributed by atoms with Crippen LogP contribution in [-0.4, -0.2) is 37.2 Å². The van der Waals surface area contributed by atoms with E-state index in [2.05, 4.69) is 81.5 Å². The van der Waals surface area contributed by atoms with E-state index in [1.165, 1.54) is 231 Å². The second-order valence-corrected chi connectivity index (χ2v) is 23.1. The monoisotopic (exact) mass is 1090 g/mol. The highest BCUT2D eigenvalue weighted by Crippen LogP contribution is 2.18. The predicted molar refractivity (Wildman–Crippen MR) is 339 cm³/mol. The van der Waals surface area contributed by atoms with Gasteiger partial charge in [-0.3, -0.25) is 14.4 Å². The van der Waals surface area contributed by atoms with Crippen LogP contribution in [0.4, 0.5) is 0 Å². The molecule has 0 aromatic carbocycles. The van der Waals surface area contributed by atoms with Crippen molar-refractivity contribution in [3.63, 3.8) is 0 Å². The van der Waals surface area contributed by atoms with Crippen LogP contribution in [0, 0.1) is 0 Å². The summed E-state index contributed by atoms with van der Waals surface area (Å²) in [5.74, 6) is -0.856. The van der Waals surface area contributed by atoms with Crippen LogP contribution < -0.4 is 0 Å². The summed E-state index contributed by atoms with van der Waals surface area (Å²) in [7, 11) is 0. The molecule has 0 aliphatic carbocycles. The number of hydrogen-bond acceptors (Lipinski definition) is 6. The number of esters is 3. The Morgan fingerprint density at radius 2 is 0.500 bits per heavy atom. The summed E-state index contributed by atoms with van der Waals surface area (Å²) in [5, 5.41) is 0. The molecule has 6 nitrogen and oxygen atoms in total. The molecule has 0 rings (SSSR count). The van der Waals surface area contributed by atoms with Gasteiger partial charge >= 0.3 is 17.9 Å². The SMILES string of the molecule is CC/C=C\C/C=C\C/C=C\C/C=C\CCCCCCCCCCCCCCCCCCCCCCC(=O)OCC(COC(=O)CCCCCCC/C=C\CCCCCC)OC(=O)CCCCCCCCCCCCCCCC. The minimum absolute atomic E-state index is 0.0704. The van der Waals surface area contributed by atoms with Crippen LogP contribution in [0.25, 0.3) is 0 Å². The highest BCUT2D eigenvalue weighted by Gasteiger charge is 2.19.